The van der Waals surface area contributed by atoms with Crippen molar-refractivity contribution in [3.63, 3.8) is 0 Å². The van der Waals surface area contributed by atoms with Gasteiger partial charge in [0.05, 0.1) is 5.69 Å². The lowest BCUT2D eigenvalue weighted by Crippen LogP contribution is -2.43. The van der Waals surface area contributed by atoms with Crippen molar-refractivity contribution in [2.45, 2.75) is 39.2 Å². The number of likely N-dealkylation sites (N-methyl/N-ethyl adjacent to an activating group) is 1. The van der Waals surface area contributed by atoms with Gasteiger partial charge in [-0.05, 0) is 38.8 Å². The molecule has 1 saturated heterocycles. The van der Waals surface area contributed by atoms with Crippen LogP contribution in [0.2, 0.25) is 0 Å². The Kier molecular flexibility index (Phi) is 4.33. The van der Waals surface area contributed by atoms with Gasteiger partial charge >= 0.3 is 0 Å². The third-order valence-corrected chi connectivity index (χ3v) is 3.82. The molecule has 102 valence electrons. The number of nitriles is 1. The van der Waals surface area contributed by atoms with E-state index in [-0.39, 0.29) is 0 Å². The van der Waals surface area contributed by atoms with Crippen LogP contribution in [-0.4, -0.2) is 36.4 Å². The van der Waals surface area contributed by atoms with Crippen LogP contribution in [0.4, 0.5) is 5.82 Å². The van der Waals surface area contributed by atoms with E-state index in [2.05, 4.69) is 21.6 Å². The fraction of sp³-hybridized carbons (Fsp3) is 0.643. The van der Waals surface area contributed by atoms with E-state index in [1.54, 1.807) is 0 Å². The highest BCUT2D eigenvalue weighted by molar-refractivity contribution is 5.57. The summed E-state index contributed by atoms with van der Waals surface area (Å²) in [6, 6.07) is 2.74. The van der Waals surface area contributed by atoms with Crippen LogP contribution in [0.1, 0.15) is 36.1 Å². The van der Waals surface area contributed by atoms with E-state index in [0.717, 1.165) is 24.3 Å². The van der Waals surface area contributed by atoms with Crippen molar-refractivity contribution in [2.75, 3.05) is 25.0 Å². The summed E-state index contributed by atoms with van der Waals surface area (Å²) in [5, 5.41) is 21.2. The van der Waals surface area contributed by atoms with Gasteiger partial charge in [-0.2, -0.15) is 10.4 Å². The number of rotatable bonds is 3. The molecule has 1 unspecified atom stereocenters. The molecule has 2 heterocycles. The highest BCUT2D eigenvalue weighted by Gasteiger charge is 2.19. The largest absolute Gasteiger partial charge is 0.356 e. The first-order valence-electron chi connectivity index (χ1n) is 6.82. The minimum absolute atomic E-state index is 0.480. The topological polar surface area (TPSA) is 64.8 Å². The lowest BCUT2D eigenvalue weighted by Gasteiger charge is -2.29. The monoisotopic (exact) mass is 259 g/mol. The van der Waals surface area contributed by atoms with Crippen LogP contribution in [-0.2, 0) is 0 Å². The Labute approximate surface area is 114 Å². The molecular weight excluding hydrogens is 238 g/mol. The van der Waals surface area contributed by atoms with Gasteiger partial charge in [0.2, 0.25) is 0 Å². The van der Waals surface area contributed by atoms with E-state index in [4.69, 9.17) is 0 Å². The lowest BCUT2D eigenvalue weighted by atomic mass is 10.0. The van der Waals surface area contributed by atoms with Crippen molar-refractivity contribution in [1.29, 1.82) is 5.26 Å². The predicted octanol–water partition coefficient (Wildman–Crippen LogP) is 1.54. The minimum atomic E-state index is 0.480. The Morgan fingerprint density at radius 3 is 2.79 bits per heavy atom. The first-order valence-corrected chi connectivity index (χ1v) is 6.82. The zero-order chi connectivity index (χ0) is 13.8. The van der Waals surface area contributed by atoms with E-state index >= 15 is 0 Å². The molecule has 0 amide bonds. The van der Waals surface area contributed by atoms with E-state index in [0.29, 0.717) is 17.4 Å². The van der Waals surface area contributed by atoms with E-state index < -0.39 is 0 Å². The minimum Gasteiger partial charge on any atom is -0.356 e. The van der Waals surface area contributed by atoms with Crippen LogP contribution in [0, 0.1) is 25.2 Å². The maximum Gasteiger partial charge on any atom is 0.169 e. The number of piperidine rings is 1. The van der Waals surface area contributed by atoms with Gasteiger partial charge in [-0.1, -0.05) is 6.42 Å². The lowest BCUT2D eigenvalue weighted by molar-refractivity contribution is 0.402. The molecule has 1 aromatic heterocycles. The molecule has 19 heavy (non-hydrogen) atoms. The van der Waals surface area contributed by atoms with Crippen LogP contribution < -0.4 is 10.2 Å². The second-order valence-electron chi connectivity index (χ2n) is 5.25. The molecule has 1 aliphatic heterocycles. The van der Waals surface area contributed by atoms with Crippen LogP contribution in [0.3, 0.4) is 0 Å². The SMILES string of the molecule is Cc1nnc(N(C)CC2CCCCN2)c(C#N)c1C. The van der Waals surface area contributed by atoms with Crippen LogP contribution in [0.5, 0.6) is 0 Å². The second-order valence-corrected chi connectivity index (χ2v) is 5.25. The summed E-state index contributed by atoms with van der Waals surface area (Å²) in [6.07, 6.45) is 3.72. The summed E-state index contributed by atoms with van der Waals surface area (Å²) in [7, 11) is 1.98. The van der Waals surface area contributed by atoms with Gasteiger partial charge in [0.1, 0.15) is 11.6 Å². The van der Waals surface area contributed by atoms with Gasteiger partial charge in [-0.15, -0.1) is 5.10 Å². The summed E-state index contributed by atoms with van der Waals surface area (Å²) in [5.74, 6) is 0.693. The molecule has 1 atom stereocenters. The number of nitrogens with zero attached hydrogens (tertiary/aromatic N) is 4. The first kappa shape index (κ1) is 13.8. The van der Waals surface area contributed by atoms with E-state index in [1.807, 2.05) is 25.8 Å². The highest BCUT2D eigenvalue weighted by atomic mass is 15.3. The number of hydrogen-bond acceptors (Lipinski definition) is 5. The number of hydrogen-bond donors (Lipinski definition) is 1. The van der Waals surface area contributed by atoms with E-state index in [1.165, 1.54) is 19.3 Å². The molecule has 1 fully saturated rings. The maximum atomic E-state index is 9.32. The van der Waals surface area contributed by atoms with Crippen molar-refractivity contribution in [2.24, 2.45) is 0 Å². The molecule has 5 nitrogen and oxygen atoms in total. The normalized spacial score (nSPS) is 18.9. The Hall–Kier alpha value is -1.67. The van der Waals surface area contributed by atoms with E-state index in [9.17, 15) is 5.26 Å². The zero-order valence-electron chi connectivity index (χ0n) is 11.9. The zero-order valence-corrected chi connectivity index (χ0v) is 11.9. The number of aryl methyl sites for hydroxylation is 1. The van der Waals surface area contributed by atoms with Gasteiger partial charge in [-0.3, -0.25) is 0 Å². The molecule has 1 aromatic rings. The van der Waals surface area contributed by atoms with Gasteiger partial charge < -0.3 is 10.2 Å². The molecular formula is C14H21N5. The quantitative estimate of drug-likeness (QED) is 0.892. The maximum absolute atomic E-state index is 9.32. The van der Waals surface area contributed by atoms with Crippen molar-refractivity contribution < 1.29 is 0 Å². The molecule has 2 rings (SSSR count). The summed E-state index contributed by atoms with van der Waals surface area (Å²) in [6.45, 7) is 5.77. The predicted molar refractivity (Wildman–Crippen MR) is 75.1 cm³/mol. The molecule has 5 heteroatoms. The standard InChI is InChI=1S/C14H21N5/c1-10-11(2)17-18-14(13(10)8-15)19(3)9-12-6-4-5-7-16-12/h12,16H,4-7,9H2,1-3H3. The molecule has 0 saturated carbocycles. The molecule has 0 bridgehead atoms. The molecule has 0 aromatic carbocycles. The van der Waals surface area contributed by atoms with Crippen LogP contribution in [0.25, 0.3) is 0 Å². The average Bonchev–Trinajstić information content (AvgIpc) is 2.42. The molecule has 0 radical (unpaired) electrons. The fourth-order valence-electron chi connectivity index (χ4n) is 2.49. The third-order valence-electron chi connectivity index (χ3n) is 3.82. The first-order chi connectivity index (χ1) is 9.13. The number of aromatic nitrogens is 2. The fourth-order valence-corrected chi connectivity index (χ4v) is 2.49. The molecule has 0 spiro atoms. The Morgan fingerprint density at radius 2 is 2.16 bits per heavy atom. The smallest absolute Gasteiger partial charge is 0.169 e. The highest BCUT2D eigenvalue weighted by Crippen LogP contribution is 2.21. The van der Waals surface area contributed by atoms with Gasteiger partial charge in [0.15, 0.2) is 5.82 Å². The van der Waals surface area contributed by atoms with Crippen LogP contribution >= 0.6 is 0 Å². The van der Waals surface area contributed by atoms with Gasteiger partial charge in [0.25, 0.3) is 0 Å². The average molecular weight is 259 g/mol. The van der Waals surface area contributed by atoms with Crippen molar-refractivity contribution in [3.05, 3.63) is 16.8 Å². The number of nitrogens with one attached hydrogen (secondary N) is 1. The molecule has 1 aliphatic rings. The summed E-state index contributed by atoms with van der Waals surface area (Å²) in [5.41, 5.74) is 2.39. The summed E-state index contributed by atoms with van der Waals surface area (Å²) in [4.78, 5) is 2.04. The Morgan fingerprint density at radius 1 is 1.37 bits per heavy atom. The van der Waals surface area contributed by atoms with Crippen molar-refractivity contribution in [3.8, 4) is 6.07 Å². The number of anilines is 1. The Bertz CT molecular complexity index is 485. The Balaban J connectivity index is 2.16. The van der Waals surface area contributed by atoms with Crippen molar-refractivity contribution in [1.82, 2.24) is 15.5 Å². The molecule has 1 N–H and O–H groups in total. The third kappa shape index (κ3) is 3.02. The van der Waals surface area contributed by atoms with Crippen LogP contribution in [0.15, 0.2) is 0 Å². The van der Waals surface area contributed by atoms with Gasteiger partial charge in [-0.25, -0.2) is 0 Å². The second kappa shape index (κ2) is 5.98. The summed E-state index contributed by atoms with van der Waals surface area (Å²) < 4.78 is 0. The van der Waals surface area contributed by atoms with Crippen molar-refractivity contribution >= 4 is 5.82 Å². The van der Waals surface area contributed by atoms with Gasteiger partial charge in [0, 0.05) is 19.6 Å². The summed E-state index contributed by atoms with van der Waals surface area (Å²) >= 11 is 0. The molecule has 0 aliphatic carbocycles.